The molecule has 0 aliphatic carbocycles. The van der Waals surface area contributed by atoms with Crippen molar-refractivity contribution >= 4 is 17.9 Å². The van der Waals surface area contributed by atoms with E-state index in [-0.39, 0.29) is 5.91 Å². The Kier molecular flexibility index (Phi) is 4.55. The van der Waals surface area contributed by atoms with Crippen molar-refractivity contribution in [3.05, 3.63) is 48.3 Å². The lowest BCUT2D eigenvalue weighted by molar-refractivity contribution is -0.116. The summed E-state index contributed by atoms with van der Waals surface area (Å²) in [5, 5.41) is 2.80. The number of hydrogen-bond acceptors (Lipinski definition) is 3. The van der Waals surface area contributed by atoms with E-state index in [1.165, 1.54) is 0 Å². The fraction of sp³-hybridized carbons (Fsp3) is 0.200. The quantitative estimate of drug-likeness (QED) is 0.821. The van der Waals surface area contributed by atoms with Gasteiger partial charge in [-0.15, -0.1) is 0 Å². The third kappa shape index (κ3) is 3.47. The summed E-state index contributed by atoms with van der Waals surface area (Å²) in [4.78, 5) is 22.6. The van der Waals surface area contributed by atoms with E-state index in [9.17, 15) is 9.59 Å². The molecule has 1 amide bonds. The van der Waals surface area contributed by atoms with Crippen molar-refractivity contribution in [1.29, 1.82) is 0 Å². The van der Waals surface area contributed by atoms with Gasteiger partial charge in [-0.2, -0.15) is 0 Å². The Labute approximate surface area is 117 Å². The molecule has 0 radical (unpaired) electrons. The van der Waals surface area contributed by atoms with Crippen LogP contribution in [-0.2, 0) is 11.3 Å². The van der Waals surface area contributed by atoms with Gasteiger partial charge >= 0.3 is 0 Å². The Balaban J connectivity index is 1.87. The predicted molar refractivity (Wildman–Crippen MR) is 76.1 cm³/mol. The van der Waals surface area contributed by atoms with Crippen LogP contribution in [0.3, 0.4) is 0 Å². The van der Waals surface area contributed by atoms with Crippen molar-refractivity contribution in [3.63, 3.8) is 0 Å². The van der Waals surface area contributed by atoms with Crippen molar-refractivity contribution in [2.75, 3.05) is 12.4 Å². The molecule has 0 fully saturated rings. The van der Waals surface area contributed by atoms with Gasteiger partial charge in [0.15, 0.2) is 6.29 Å². The Hall–Kier alpha value is -2.56. The standard InChI is InChI=1S/C15H16N2O3/c1-20-14-6-4-12(5-7-14)16-15(19)8-10-17-9-2-3-13(17)11-18/h2-7,9,11H,8,10H2,1H3,(H,16,19). The molecule has 104 valence electrons. The van der Waals surface area contributed by atoms with E-state index in [0.717, 1.165) is 17.7 Å². The number of benzene rings is 1. The maximum absolute atomic E-state index is 11.8. The second-order valence-corrected chi connectivity index (χ2v) is 4.27. The molecule has 2 rings (SSSR count). The number of nitrogens with zero attached hydrogens (tertiary/aromatic N) is 1. The van der Waals surface area contributed by atoms with Crippen LogP contribution in [0.15, 0.2) is 42.6 Å². The molecule has 0 aliphatic heterocycles. The van der Waals surface area contributed by atoms with Crippen LogP contribution >= 0.6 is 0 Å². The molecular formula is C15H16N2O3. The molecule has 1 aromatic heterocycles. The molecule has 1 aromatic carbocycles. The topological polar surface area (TPSA) is 60.3 Å². The first-order valence-electron chi connectivity index (χ1n) is 6.27. The van der Waals surface area contributed by atoms with Gasteiger partial charge in [0.05, 0.1) is 12.8 Å². The van der Waals surface area contributed by atoms with E-state index >= 15 is 0 Å². The molecule has 0 saturated carbocycles. The van der Waals surface area contributed by atoms with E-state index in [0.29, 0.717) is 18.7 Å². The number of aromatic nitrogens is 1. The molecule has 1 N–H and O–H groups in total. The van der Waals surface area contributed by atoms with Crippen LogP contribution < -0.4 is 10.1 Å². The van der Waals surface area contributed by atoms with Crippen LogP contribution in [0.25, 0.3) is 0 Å². The zero-order valence-corrected chi connectivity index (χ0v) is 11.2. The normalized spacial score (nSPS) is 10.1. The minimum atomic E-state index is -0.0966. The fourth-order valence-corrected chi connectivity index (χ4v) is 1.86. The molecule has 20 heavy (non-hydrogen) atoms. The van der Waals surface area contributed by atoms with E-state index in [1.54, 1.807) is 54.3 Å². The van der Waals surface area contributed by atoms with Gasteiger partial charge < -0.3 is 14.6 Å². The smallest absolute Gasteiger partial charge is 0.226 e. The largest absolute Gasteiger partial charge is 0.497 e. The summed E-state index contributed by atoms with van der Waals surface area (Å²) < 4.78 is 6.80. The molecule has 0 unspecified atom stereocenters. The predicted octanol–water partition coefficient (Wildman–Crippen LogP) is 2.34. The molecule has 0 bridgehead atoms. The summed E-state index contributed by atoms with van der Waals surface area (Å²) in [6.07, 6.45) is 2.87. The minimum Gasteiger partial charge on any atom is -0.497 e. The maximum Gasteiger partial charge on any atom is 0.226 e. The van der Waals surface area contributed by atoms with E-state index in [2.05, 4.69) is 5.32 Å². The summed E-state index contributed by atoms with van der Waals surface area (Å²) in [5.74, 6) is 0.645. The number of carbonyl (C=O) groups excluding carboxylic acids is 2. The van der Waals surface area contributed by atoms with Gasteiger partial charge in [-0.1, -0.05) is 0 Å². The zero-order chi connectivity index (χ0) is 14.4. The van der Waals surface area contributed by atoms with Crippen LogP contribution in [0.5, 0.6) is 5.75 Å². The summed E-state index contributed by atoms with van der Waals surface area (Å²) >= 11 is 0. The Bertz CT molecular complexity index is 587. The monoisotopic (exact) mass is 272 g/mol. The van der Waals surface area contributed by atoms with E-state index < -0.39 is 0 Å². The van der Waals surface area contributed by atoms with Crippen LogP contribution in [0.4, 0.5) is 5.69 Å². The van der Waals surface area contributed by atoms with Gasteiger partial charge in [0.2, 0.25) is 5.91 Å². The molecule has 5 heteroatoms. The third-order valence-electron chi connectivity index (χ3n) is 2.94. The lowest BCUT2D eigenvalue weighted by atomic mass is 10.3. The van der Waals surface area contributed by atoms with Gasteiger partial charge in [-0.05, 0) is 36.4 Å². The Morgan fingerprint density at radius 1 is 1.30 bits per heavy atom. The summed E-state index contributed by atoms with van der Waals surface area (Å²) in [5.41, 5.74) is 1.29. The SMILES string of the molecule is COc1ccc(NC(=O)CCn2cccc2C=O)cc1. The number of hydrogen-bond donors (Lipinski definition) is 1. The van der Waals surface area contributed by atoms with Gasteiger partial charge in [0.1, 0.15) is 5.75 Å². The summed E-state index contributed by atoms with van der Waals surface area (Å²) in [6.45, 7) is 0.475. The number of anilines is 1. The van der Waals surface area contributed by atoms with Crippen LogP contribution in [0, 0.1) is 0 Å². The Morgan fingerprint density at radius 2 is 2.05 bits per heavy atom. The highest BCUT2D eigenvalue weighted by molar-refractivity contribution is 5.90. The van der Waals surface area contributed by atoms with Crippen molar-refractivity contribution in [2.24, 2.45) is 0 Å². The lowest BCUT2D eigenvalue weighted by Crippen LogP contribution is -2.15. The highest BCUT2D eigenvalue weighted by Gasteiger charge is 2.05. The van der Waals surface area contributed by atoms with Gasteiger partial charge in [0, 0.05) is 24.8 Å². The summed E-state index contributed by atoms with van der Waals surface area (Å²) in [7, 11) is 1.59. The number of methoxy groups -OCH3 is 1. The van der Waals surface area contributed by atoms with Gasteiger partial charge in [-0.25, -0.2) is 0 Å². The number of nitrogens with one attached hydrogen (secondary N) is 1. The highest BCUT2D eigenvalue weighted by Crippen LogP contribution is 2.15. The Morgan fingerprint density at radius 3 is 2.70 bits per heavy atom. The lowest BCUT2D eigenvalue weighted by Gasteiger charge is -2.07. The van der Waals surface area contributed by atoms with E-state index in [1.807, 2.05) is 0 Å². The minimum absolute atomic E-state index is 0.0966. The molecule has 2 aromatic rings. The van der Waals surface area contributed by atoms with E-state index in [4.69, 9.17) is 4.74 Å². The van der Waals surface area contributed by atoms with Crippen molar-refractivity contribution < 1.29 is 14.3 Å². The van der Waals surface area contributed by atoms with Crippen LogP contribution in [0.1, 0.15) is 16.9 Å². The van der Waals surface area contributed by atoms with Crippen molar-refractivity contribution in [2.45, 2.75) is 13.0 Å². The number of amides is 1. The molecule has 5 nitrogen and oxygen atoms in total. The molecule has 1 heterocycles. The molecular weight excluding hydrogens is 256 g/mol. The van der Waals surface area contributed by atoms with Crippen LogP contribution in [0.2, 0.25) is 0 Å². The number of aryl methyl sites for hydroxylation is 1. The van der Waals surface area contributed by atoms with Crippen molar-refractivity contribution in [1.82, 2.24) is 4.57 Å². The zero-order valence-electron chi connectivity index (χ0n) is 11.2. The first kappa shape index (κ1) is 13.9. The first-order chi connectivity index (χ1) is 9.72. The number of ether oxygens (including phenoxy) is 1. The van der Waals surface area contributed by atoms with Gasteiger partial charge in [0.25, 0.3) is 0 Å². The molecule has 0 atom stereocenters. The maximum atomic E-state index is 11.8. The van der Waals surface area contributed by atoms with Crippen molar-refractivity contribution in [3.8, 4) is 5.75 Å². The number of aldehydes is 1. The average molecular weight is 272 g/mol. The molecule has 0 saturated heterocycles. The third-order valence-corrected chi connectivity index (χ3v) is 2.94. The summed E-state index contributed by atoms with van der Waals surface area (Å²) in [6, 6.07) is 10.6. The van der Waals surface area contributed by atoms with Gasteiger partial charge in [-0.3, -0.25) is 9.59 Å². The first-order valence-corrected chi connectivity index (χ1v) is 6.27. The molecule has 0 aliphatic rings. The number of carbonyl (C=O) groups is 2. The number of rotatable bonds is 6. The second kappa shape index (κ2) is 6.56. The van der Waals surface area contributed by atoms with Crippen LogP contribution in [-0.4, -0.2) is 23.9 Å². The highest BCUT2D eigenvalue weighted by atomic mass is 16.5. The average Bonchev–Trinajstić information content (AvgIpc) is 2.93. The molecule has 0 spiro atoms. The second-order valence-electron chi connectivity index (χ2n) is 4.27. The fourth-order valence-electron chi connectivity index (χ4n) is 1.86.